The molecule has 2 unspecified atom stereocenters. The lowest BCUT2D eigenvalue weighted by Gasteiger charge is -2.40. The Morgan fingerprint density at radius 2 is 1.88 bits per heavy atom. The first-order valence-corrected chi connectivity index (χ1v) is 7.02. The van der Waals surface area contributed by atoms with Crippen molar-refractivity contribution in [3.8, 4) is 0 Å². The molecule has 0 saturated heterocycles. The summed E-state index contributed by atoms with van der Waals surface area (Å²) in [7, 11) is 0. The zero-order valence-electron chi connectivity index (χ0n) is 11.1. The predicted molar refractivity (Wildman–Crippen MR) is 72.0 cm³/mol. The van der Waals surface area contributed by atoms with Gasteiger partial charge in [0.2, 0.25) is 0 Å². The van der Waals surface area contributed by atoms with E-state index in [0.717, 1.165) is 31.2 Å². The molecule has 0 heterocycles. The van der Waals surface area contributed by atoms with Crippen molar-refractivity contribution in [1.82, 2.24) is 0 Å². The van der Waals surface area contributed by atoms with Crippen LogP contribution in [0.1, 0.15) is 57.1 Å². The third-order valence-corrected chi connectivity index (χ3v) is 4.39. The molecule has 0 aromatic heterocycles. The maximum Gasteiger partial charge on any atom is 0.0924 e. The Bertz CT molecular complexity index is 354. The van der Waals surface area contributed by atoms with E-state index in [-0.39, 0.29) is 0 Å². The monoisotopic (exact) mass is 232 g/mol. The van der Waals surface area contributed by atoms with Gasteiger partial charge in [0.1, 0.15) is 0 Å². The Morgan fingerprint density at radius 1 is 1.18 bits per heavy atom. The van der Waals surface area contributed by atoms with E-state index in [0.29, 0.717) is 5.92 Å². The second-order valence-electron chi connectivity index (χ2n) is 5.33. The molecule has 0 aliphatic heterocycles. The molecule has 1 nitrogen and oxygen atoms in total. The SMILES string of the molecule is CCc1ccc(C2(O)CCCCC2CC)cc1. The summed E-state index contributed by atoms with van der Waals surface area (Å²) < 4.78 is 0. The molecule has 1 aromatic rings. The first-order valence-electron chi connectivity index (χ1n) is 7.02. The van der Waals surface area contributed by atoms with Crippen LogP contribution in [0.15, 0.2) is 24.3 Å². The van der Waals surface area contributed by atoms with Crippen molar-refractivity contribution >= 4 is 0 Å². The quantitative estimate of drug-likeness (QED) is 0.834. The molecule has 0 amide bonds. The van der Waals surface area contributed by atoms with E-state index in [1.807, 2.05) is 0 Å². The Kier molecular flexibility index (Phi) is 3.88. The van der Waals surface area contributed by atoms with Crippen molar-refractivity contribution in [3.05, 3.63) is 35.4 Å². The molecule has 17 heavy (non-hydrogen) atoms. The second kappa shape index (κ2) is 5.22. The highest BCUT2D eigenvalue weighted by Gasteiger charge is 2.38. The van der Waals surface area contributed by atoms with Crippen molar-refractivity contribution in [2.75, 3.05) is 0 Å². The molecule has 1 heteroatoms. The van der Waals surface area contributed by atoms with Gasteiger partial charge in [0, 0.05) is 0 Å². The summed E-state index contributed by atoms with van der Waals surface area (Å²) in [5.41, 5.74) is 1.90. The number of aryl methyl sites for hydroxylation is 1. The van der Waals surface area contributed by atoms with Gasteiger partial charge in [-0.15, -0.1) is 0 Å². The van der Waals surface area contributed by atoms with Gasteiger partial charge >= 0.3 is 0 Å². The molecule has 94 valence electrons. The predicted octanol–water partition coefficient (Wildman–Crippen LogP) is 4.04. The molecule has 1 aromatic carbocycles. The molecule has 0 spiro atoms. The maximum atomic E-state index is 11.0. The standard InChI is InChI=1S/C16H24O/c1-3-13-8-10-15(11-9-13)16(17)12-6-5-7-14(16)4-2/h8-11,14,17H,3-7,12H2,1-2H3. The van der Waals surface area contributed by atoms with Crippen molar-refractivity contribution in [3.63, 3.8) is 0 Å². The lowest BCUT2D eigenvalue weighted by molar-refractivity contribution is -0.0557. The van der Waals surface area contributed by atoms with Gasteiger partial charge in [-0.3, -0.25) is 0 Å². The lowest BCUT2D eigenvalue weighted by atomic mass is 9.70. The summed E-state index contributed by atoms with van der Waals surface area (Å²) >= 11 is 0. The third-order valence-electron chi connectivity index (χ3n) is 4.39. The maximum absolute atomic E-state index is 11.0. The number of hydrogen-bond donors (Lipinski definition) is 1. The molecular weight excluding hydrogens is 208 g/mol. The van der Waals surface area contributed by atoms with Gasteiger partial charge in [-0.25, -0.2) is 0 Å². The van der Waals surface area contributed by atoms with Crippen LogP contribution in [0.3, 0.4) is 0 Å². The third kappa shape index (κ3) is 2.40. The average molecular weight is 232 g/mol. The van der Waals surface area contributed by atoms with E-state index in [1.54, 1.807) is 0 Å². The van der Waals surface area contributed by atoms with E-state index >= 15 is 0 Å². The molecule has 1 saturated carbocycles. The number of rotatable bonds is 3. The molecule has 1 fully saturated rings. The average Bonchev–Trinajstić information content (AvgIpc) is 2.39. The Hall–Kier alpha value is -0.820. The van der Waals surface area contributed by atoms with Crippen molar-refractivity contribution in [1.29, 1.82) is 0 Å². The van der Waals surface area contributed by atoms with Gasteiger partial charge in [0.15, 0.2) is 0 Å². The Labute approximate surface area is 105 Å². The van der Waals surface area contributed by atoms with Gasteiger partial charge in [-0.1, -0.05) is 57.4 Å². The normalized spacial score (nSPS) is 29.2. The molecule has 0 bridgehead atoms. The Morgan fingerprint density at radius 3 is 2.47 bits per heavy atom. The number of aliphatic hydroxyl groups is 1. The van der Waals surface area contributed by atoms with E-state index in [4.69, 9.17) is 0 Å². The molecule has 1 N–H and O–H groups in total. The zero-order chi connectivity index (χ0) is 12.3. The minimum atomic E-state index is -0.570. The molecule has 1 aliphatic carbocycles. The highest BCUT2D eigenvalue weighted by atomic mass is 16.3. The topological polar surface area (TPSA) is 20.2 Å². The summed E-state index contributed by atoms with van der Waals surface area (Å²) in [6.45, 7) is 4.36. The highest BCUT2D eigenvalue weighted by Crippen LogP contribution is 2.43. The number of benzene rings is 1. The molecular formula is C16H24O. The summed E-state index contributed by atoms with van der Waals surface area (Å²) in [4.78, 5) is 0. The van der Waals surface area contributed by atoms with Gasteiger partial charge in [0.25, 0.3) is 0 Å². The van der Waals surface area contributed by atoms with Gasteiger partial charge < -0.3 is 5.11 Å². The summed E-state index contributed by atoms with van der Waals surface area (Å²) in [6, 6.07) is 8.59. The lowest BCUT2D eigenvalue weighted by Crippen LogP contribution is -2.37. The Balaban J connectivity index is 2.27. The van der Waals surface area contributed by atoms with Crippen LogP contribution in [0.5, 0.6) is 0 Å². The molecule has 1 aliphatic rings. The van der Waals surface area contributed by atoms with Crippen LogP contribution in [0.4, 0.5) is 0 Å². The van der Waals surface area contributed by atoms with Gasteiger partial charge in [0.05, 0.1) is 5.60 Å². The molecule has 2 rings (SSSR count). The fraction of sp³-hybridized carbons (Fsp3) is 0.625. The van der Waals surface area contributed by atoms with Gasteiger partial charge in [-0.05, 0) is 36.3 Å². The van der Waals surface area contributed by atoms with Gasteiger partial charge in [-0.2, -0.15) is 0 Å². The van der Waals surface area contributed by atoms with Crippen molar-refractivity contribution in [2.24, 2.45) is 5.92 Å². The van der Waals surface area contributed by atoms with Crippen molar-refractivity contribution < 1.29 is 5.11 Å². The van der Waals surface area contributed by atoms with Crippen LogP contribution >= 0.6 is 0 Å². The minimum absolute atomic E-state index is 0.434. The van der Waals surface area contributed by atoms with Crippen LogP contribution in [-0.4, -0.2) is 5.11 Å². The molecule has 0 radical (unpaired) electrons. The summed E-state index contributed by atoms with van der Waals surface area (Å²) in [6.07, 6.45) is 6.66. The van der Waals surface area contributed by atoms with Crippen molar-refractivity contribution in [2.45, 2.75) is 58.0 Å². The summed E-state index contributed by atoms with van der Waals surface area (Å²) in [5.74, 6) is 0.434. The molecule has 2 atom stereocenters. The van der Waals surface area contributed by atoms with Crippen LogP contribution in [0.2, 0.25) is 0 Å². The van der Waals surface area contributed by atoms with Crippen LogP contribution < -0.4 is 0 Å². The fourth-order valence-electron chi connectivity index (χ4n) is 3.18. The minimum Gasteiger partial charge on any atom is -0.385 e. The fourth-order valence-corrected chi connectivity index (χ4v) is 3.18. The largest absolute Gasteiger partial charge is 0.385 e. The van der Waals surface area contributed by atoms with E-state index in [2.05, 4.69) is 38.1 Å². The first-order chi connectivity index (χ1) is 8.20. The van der Waals surface area contributed by atoms with E-state index < -0.39 is 5.60 Å². The van der Waals surface area contributed by atoms with Crippen LogP contribution in [-0.2, 0) is 12.0 Å². The summed E-state index contributed by atoms with van der Waals surface area (Å²) in [5, 5.41) is 11.0. The zero-order valence-corrected chi connectivity index (χ0v) is 11.1. The smallest absolute Gasteiger partial charge is 0.0924 e. The van der Waals surface area contributed by atoms with Crippen LogP contribution in [0, 0.1) is 5.92 Å². The highest BCUT2D eigenvalue weighted by molar-refractivity contribution is 5.28. The van der Waals surface area contributed by atoms with Crippen LogP contribution in [0.25, 0.3) is 0 Å². The second-order valence-corrected chi connectivity index (χ2v) is 5.33. The van der Waals surface area contributed by atoms with E-state index in [9.17, 15) is 5.11 Å². The van der Waals surface area contributed by atoms with E-state index in [1.165, 1.54) is 18.4 Å². The number of hydrogen-bond acceptors (Lipinski definition) is 1. The first kappa shape index (κ1) is 12.6.